The van der Waals surface area contributed by atoms with Gasteiger partial charge in [0.25, 0.3) is 5.91 Å². The van der Waals surface area contributed by atoms with Crippen LogP contribution in [0.25, 0.3) is 0 Å². The maximum atomic E-state index is 11.4. The third kappa shape index (κ3) is 4.00. The van der Waals surface area contributed by atoms with E-state index in [2.05, 4.69) is 10.6 Å². The van der Waals surface area contributed by atoms with Gasteiger partial charge in [-0.1, -0.05) is 6.07 Å². The minimum atomic E-state index is -0.520. The Balaban J connectivity index is 2.17. The number of hydrogen-bond acceptors (Lipinski definition) is 4. The van der Waals surface area contributed by atoms with Gasteiger partial charge < -0.3 is 16.4 Å². The Kier molecular flexibility index (Phi) is 4.94. The maximum Gasteiger partial charge on any atom is 0.261 e. The Morgan fingerprint density at radius 3 is 2.69 bits per heavy atom. The van der Waals surface area contributed by atoms with Crippen molar-refractivity contribution in [1.82, 2.24) is 10.6 Å². The van der Waals surface area contributed by atoms with Gasteiger partial charge in [-0.2, -0.15) is 0 Å². The van der Waals surface area contributed by atoms with Crippen molar-refractivity contribution in [3.05, 3.63) is 22.4 Å². The summed E-state index contributed by atoms with van der Waals surface area (Å²) in [5.41, 5.74) is 5.36. The zero-order valence-electron chi connectivity index (χ0n) is 9.03. The van der Waals surface area contributed by atoms with Crippen LogP contribution < -0.4 is 16.4 Å². The van der Waals surface area contributed by atoms with Crippen LogP contribution in [0.2, 0.25) is 0 Å². The highest BCUT2D eigenvalue weighted by molar-refractivity contribution is 7.12. The van der Waals surface area contributed by atoms with E-state index in [1.54, 1.807) is 13.0 Å². The highest BCUT2D eigenvalue weighted by Gasteiger charge is 2.07. The highest BCUT2D eigenvalue weighted by Crippen LogP contribution is 2.07. The van der Waals surface area contributed by atoms with E-state index in [-0.39, 0.29) is 11.8 Å². The summed E-state index contributed by atoms with van der Waals surface area (Å²) in [5, 5.41) is 7.14. The summed E-state index contributed by atoms with van der Waals surface area (Å²) < 4.78 is 0. The zero-order valence-corrected chi connectivity index (χ0v) is 9.84. The number of amides is 2. The van der Waals surface area contributed by atoms with Crippen LogP contribution in [0.1, 0.15) is 16.6 Å². The molecular weight excluding hydrogens is 226 g/mol. The van der Waals surface area contributed by atoms with E-state index < -0.39 is 6.04 Å². The first kappa shape index (κ1) is 12.7. The third-order valence-electron chi connectivity index (χ3n) is 1.87. The van der Waals surface area contributed by atoms with Crippen LogP contribution in [-0.2, 0) is 4.79 Å². The SMILES string of the molecule is C[C@H](N)C(=O)NCCNC(=O)c1cccs1. The predicted octanol–water partition coefficient (Wildman–Crippen LogP) is -0.0587. The van der Waals surface area contributed by atoms with Gasteiger partial charge in [0.1, 0.15) is 0 Å². The van der Waals surface area contributed by atoms with Crippen molar-refractivity contribution in [1.29, 1.82) is 0 Å². The zero-order chi connectivity index (χ0) is 12.0. The number of nitrogens with two attached hydrogens (primary N) is 1. The van der Waals surface area contributed by atoms with Crippen LogP contribution in [0.15, 0.2) is 17.5 Å². The molecule has 0 aliphatic heterocycles. The minimum Gasteiger partial charge on any atom is -0.353 e. The van der Waals surface area contributed by atoms with E-state index >= 15 is 0 Å². The molecule has 4 N–H and O–H groups in total. The molecule has 0 unspecified atom stereocenters. The fourth-order valence-electron chi connectivity index (χ4n) is 1.02. The molecule has 2 amide bonds. The molecule has 88 valence electrons. The fourth-order valence-corrected chi connectivity index (χ4v) is 1.66. The lowest BCUT2D eigenvalue weighted by molar-refractivity contribution is -0.121. The van der Waals surface area contributed by atoms with E-state index in [1.807, 2.05) is 11.4 Å². The molecule has 1 rings (SSSR count). The van der Waals surface area contributed by atoms with Gasteiger partial charge in [-0.15, -0.1) is 11.3 Å². The van der Waals surface area contributed by atoms with Gasteiger partial charge in [-0.25, -0.2) is 0 Å². The Morgan fingerprint density at radius 2 is 2.12 bits per heavy atom. The lowest BCUT2D eigenvalue weighted by Gasteiger charge is -2.08. The third-order valence-corrected chi connectivity index (χ3v) is 2.74. The van der Waals surface area contributed by atoms with Gasteiger partial charge in [0.05, 0.1) is 10.9 Å². The predicted molar refractivity (Wildman–Crippen MR) is 63.3 cm³/mol. The Labute approximate surface area is 98.0 Å². The largest absolute Gasteiger partial charge is 0.353 e. The first-order chi connectivity index (χ1) is 7.61. The second-order valence-corrected chi connectivity index (χ2v) is 4.26. The molecule has 1 atom stereocenters. The quantitative estimate of drug-likeness (QED) is 0.631. The van der Waals surface area contributed by atoms with E-state index in [0.29, 0.717) is 18.0 Å². The molecule has 5 nitrogen and oxygen atoms in total. The first-order valence-electron chi connectivity index (χ1n) is 4.96. The smallest absolute Gasteiger partial charge is 0.261 e. The van der Waals surface area contributed by atoms with Crippen LogP contribution in [-0.4, -0.2) is 30.9 Å². The Morgan fingerprint density at radius 1 is 1.44 bits per heavy atom. The number of carbonyl (C=O) groups is 2. The average Bonchev–Trinajstić information content (AvgIpc) is 2.76. The van der Waals surface area contributed by atoms with E-state index in [0.717, 1.165) is 0 Å². The summed E-state index contributed by atoms with van der Waals surface area (Å²) in [4.78, 5) is 23.2. The topological polar surface area (TPSA) is 84.2 Å². The number of carbonyl (C=O) groups excluding carboxylic acids is 2. The van der Waals surface area contributed by atoms with E-state index in [9.17, 15) is 9.59 Å². The average molecular weight is 241 g/mol. The summed E-state index contributed by atoms with van der Waals surface area (Å²) in [5.74, 6) is -0.338. The molecule has 0 saturated heterocycles. The molecule has 16 heavy (non-hydrogen) atoms. The summed E-state index contributed by atoms with van der Waals surface area (Å²) in [6.07, 6.45) is 0. The van der Waals surface area contributed by atoms with Gasteiger partial charge in [0, 0.05) is 13.1 Å². The lowest BCUT2D eigenvalue weighted by atomic mass is 10.3. The van der Waals surface area contributed by atoms with Gasteiger partial charge in [0.15, 0.2) is 0 Å². The van der Waals surface area contributed by atoms with Crippen molar-refractivity contribution in [2.24, 2.45) is 5.73 Å². The number of rotatable bonds is 5. The van der Waals surface area contributed by atoms with Gasteiger partial charge in [0.2, 0.25) is 5.91 Å². The summed E-state index contributed by atoms with van der Waals surface area (Å²) in [6.45, 7) is 2.40. The van der Waals surface area contributed by atoms with Crippen LogP contribution in [0.5, 0.6) is 0 Å². The molecule has 6 heteroatoms. The molecule has 0 aromatic carbocycles. The van der Waals surface area contributed by atoms with Crippen molar-refractivity contribution in [3.63, 3.8) is 0 Å². The van der Waals surface area contributed by atoms with Crippen molar-refractivity contribution in [3.8, 4) is 0 Å². The van der Waals surface area contributed by atoms with Crippen LogP contribution >= 0.6 is 11.3 Å². The number of hydrogen-bond donors (Lipinski definition) is 3. The van der Waals surface area contributed by atoms with Crippen LogP contribution in [0.3, 0.4) is 0 Å². The second kappa shape index (κ2) is 6.24. The van der Waals surface area contributed by atoms with Crippen molar-refractivity contribution < 1.29 is 9.59 Å². The molecule has 0 saturated carbocycles. The normalized spacial score (nSPS) is 11.9. The molecule has 0 aliphatic carbocycles. The van der Waals surface area contributed by atoms with Gasteiger partial charge >= 0.3 is 0 Å². The molecule has 0 radical (unpaired) electrons. The molecular formula is C10H15N3O2S. The fraction of sp³-hybridized carbons (Fsp3) is 0.400. The number of thiophene rings is 1. The summed E-state index contributed by atoms with van der Waals surface area (Å²) in [6, 6.07) is 3.05. The number of nitrogens with one attached hydrogen (secondary N) is 2. The molecule has 0 bridgehead atoms. The van der Waals surface area contributed by atoms with Crippen molar-refractivity contribution >= 4 is 23.2 Å². The van der Waals surface area contributed by atoms with Crippen molar-refractivity contribution in [2.45, 2.75) is 13.0 Å². The molecule has 0 spiro atoms. The van der Waals surface area contributed by atoms with E-state index in [4.69, 9.17) is 5.73 Å². The standard InChI is InChI=1S/C10H15N3O2S/c1-7(11)9(14)12-4-5-13-10(15)8-3-2-6-16-8/h2-3,6-7H,4-5,11H2,1H3,(H,12,14)(H,13,15)/t7-/m0/s1. The summed E-state index contributed by atoms with van der Waals surface area (Å²) >= 11 is 1.38. The monoisotopic (exact) mass is 241 g/mol. The molecule has 1 aromatic rings. The first-order valence-corrected chi connectivity index (χ1v) is 5.84. The second-order valence-electron chi connectivity index (χ2n) is 3.31. The maximum absolute atomic E-state index is 11.4. The molecule has 1 aromatic heterocycles. The van der Waals surface area contributed by atoms with Crippen molar-refractivity contribution in [2.75, 3.05) is 13.1 Å². The molecule has 0 aliphatic rings. The van der Waals surface area contributed by atoms with Crippen LogP contribution in [0.4, 0.5) is 0 Å². The summed E-state index contributed by atoms with van der Waals surface area (Å²) in [7, 11) is 0. The van der Waals surface area contributed by atoms with E-state index in [1.165, 1.54) is 11.3 Å². The highest BCUT2D eigenvalue weighted by atomic mass is 32.1. The van der Waals surface area contributed by atoms with Gasteiger partial charge in [-0.05, 0) is 18.4 Å². The molecule has 1 heterocycles. The lowest BCUT2D eigenvalue weighted by Crippen LogP contribution is -2.41. The molecule has 0 fully saturated rings. The van der Waals surface area contributed by atoms with Crippen LogP contribution in [0, 0.1) is 0 Å². The Bertz CT molecular complexity index is 349. The Hall–Kier alpha value is -1.40. The minimum absolute atomic E-state index is 0.120. The van der Waals surface area contributed by atoms with Gasteiger partial charge in [-0.3, -0.25) is 9.59 Å².